The van der Waals surface area contributed by atoms with Crippen molar-refractivity contribution in [2.75, 3.05) is 13.2 Å². The van der Waals surface area contributed by atoms with Gasteiger partial charge < -0.3 is 10.4 Å². The second-order valence-electron chi connectivity index (χ2n) is 3.73. The maximum Gasteiger partial charge on any atom is 0.100 e. The van der Waals surface area contributed by atoms with E-state index in [4.69, 9.17) is 10.4 Å². The van der Waals surface area contributed by atoms with E-state index < -0.39 is 0 Å². The fourth-order valence-electron chi connectivity index (χ4n) is 1.46. The third-order valence-corrected chi connectivity index (χ3v) is 3.28. The fourth-order valence-corrected chi connectivity index (χ4v) is 2.24. The quantitative estimate of drug-likeness (QED) is 0.683. The van der Waals surface area contributed by atoms with E-state index in [0.29, 0.717) is 6.61 Å². The van der Waals surface area contributed by atoms with Crippen molar-refractivity contribution in [2.45, 2.75) is 32.2 Å². The fraction of sp³-hybridized carbons (Fsp3) is 0.583. The molecule has 0 aliphatic rings. The van der Waals surface area contributed by atoms with Gasteiger partial charge in [0.1, 0.15) is 6.07 Å². The summed E-state index contributed by atoms with van der Waals surface area (Å²) in [6.45, 7) is 2.16. The molecule has 0 unspecified atom stereocenters. The highest BCUT2D eigenvalue weighted by atomic mass is 32.1. The number of unbranched alkanes of at least 4 members (excludes halogenated alkanes) is 3. The summed E-state index contributed by atoms with van der Waals surface area (Å²) in [6, 6.07) is 4.07. The molecule has 3 nitrogen and oxygen atoms in total. The Bertz CT molecular complexity index is 330. The van der Waals surface area contributed by atoms with Gasteiger partial charge in [0.15, 0.2) is 0 Å². The Balaban J connectivity index is 2.01. The molecule has 0 atom stereocenters. The Hall–Kier alpha value is -0.890. The first-order chi connectivity index (χ1) is 7.86. The Labute approximate surface area is 101 Å². The molecule has 0 radical (unpaired) electrons. The van der Waals surface area contributed by atoms with Crippen molar-refractivity contribution in [1.29, 1.82) is 5.26 Å². The predicted molar refractivity (Wildman–Crippen MR) is 66.3 cm³/mol. The molecular formula is C12H18N2OS. The lowest BCUT2D eigenvalue weighted by Crippen LogP contribution is -2.13. The molecule has 0 amide bonds. The number of aliphatic hydroxyl groups excluding tert-OH is 1. The third-order valence-electron chi connectivity index (χ3n) is 2.34. The molecule has 0 bridgehead atoms. The molecule has 88 valence electrons. The molecule has 4 heteroatoms. The Kier molecular flexibility index (Phi) is 6.82. The van der Waals surface area contributed by atoms with Gasteiger partial charge in [0.2, 0.25) is 0 Å². The van der Waals surface area contributed by atoms with Gasteiger partial charge in [-0.1, -0.05) is 12.8 Å². The summed E-state index contributed by atoms with van der Waals surface area (Å²) in [5, 5.41) is 22.5. The first-order valence-electron chi connectivity index (χ1n) is 5.66. The average Bonchev–Trinajstić information content (AvgIpc) is 2.76. The number of nitriles is 1. The van der Waals surface area contributed by atoms with Crippen molar-refractivity contribution < 1.29 is 5.11 Å². The van der Waals surface area contributed by atoms with E-state index in [1.807, 2.05) is 11.4 Å². The molecular weight excluding hydrogens is 220 g/mol. The number of hydrogen-bond acceptors (Lipinski definition) is 4. The Morgan fingerprint density at radius 2 is 2.12 bits per heavy atom. The van der Waals surface area contributed by atoms with Gasteiger partial charge in [-0.15, -0.1) is 11.3 Å². The molecule has 16 heavy (non-hydrogen) atoms. The number of nitrogens with zero attached hydrogens (tertiary/aromatic N) is 1. The molecule has 1 heterocycles. The topological polar surface area (TPSA) is 56.0 Å². The number of aliphatic hydroxyl groups is 1. The SMILES string of the molecule is N#Cc1csc(CNCCCCCCO)c1. The van der Waals surface area contributed by atoms with Crippen LogP contribution < -0.4 is 5.32 Å². The standard InChI is InChI=1S/C12H18N2OS/c13-8-11-7-12(16-10-11)9-14-5-3-1-2-4-6-15/h7,10,14-15H,1-6,9H2. The minimum absolute atomic E-state index is 0.305. The van der Waals surface area contributed by atoms with Crippen molar-refractivity contribution in [1.82, 2.24) is 5.32 Å². The van der Waals surface area contributed by atoms with Crippen molar-refractivity contribution >= 4 is 11.3 Å². The van der Waals surface area contributed by atoms with Crippen molar-refractivity contribution in [3.63, 3.8) is 0 Å². The highest BCUT2D eigenvalue weighted by Crippen LogP contribution is 2.13. The van der Waals surface area contributed by atoms with Gasteiger partial charge in [-0.05, 0) is 25.5 Å². The van der Waals surface area contributed by atoms with Gasteiger partial charge in [-0.25, -0.2) is 0 Å². The van der Waals surface area contributed by atoms with E-state index in [9.17, 15) is 0 Å². The molecule has 0 saturated heterocycles. The van der Waals surface area contributed by atoms with Crippen LogP contribution in [-0.2, 0) is 6.54 Å². The van der Waals surface area contributed by atoms with Crippen LogP contribution in [0.25, 0.3) is 0 Å². The lowest BCUT2D eigenvalue weighted by Gasteiger charge is -2.02. The summed E-state index contributed by atoms with van der Waals surface area (Å²) in [4.78, 5) is 1.21. The normalized spacial score (nSPS) is 10.2. The van der Waals surface area contributed by atoms with Crippen LogP contribution in [0.5, 0.6) is 0 Å². The molecule has 0 aliphatic carbocycles. The van der Waals surface area contributed by atoms with E-state index in [0.717, 1.165) is 37.9 Å². The van der Waals surface area contributed by atoms with Gasteiger partial charge >= 0.3 is 0 Å². The number of hydrogen-bond donors (Lipinski definition) is 2. The van der Waals surface area contributed by atoms with Gasteiger partial charge in [0, 0.05) is 23.4 Å². The zero-order valence-electron chi connectivity index (χ0n) is 9.41. The highest BCUT2D eigenvalue weighted by Gasteiger charge is 1.98. The molecule has 0 fully saturated rings. The third kappa shape index (κ3) is 5.26. The van der Waals surface area contributed by atoms with Crippen LogP contribution in [0.3, 0.4) is 0 Å². The largest absolute Gasteiger partial charge is 0.396 e. The van der Waals surface area contributed by atoms with E-state index in [2.05, 4.69) is 11.4 Å². The van der Waals surface area contributed by atoms with Crippen LogP contribution in [-0.4, -0.2) is 18.3 Å². The average molecular weight is 238 g/mol. The van der Waals surface area contributed by atoms with Crippen LogP contribution in [0.4, 0.5) is 0 Å². The van der Waals surface area contributed by atoms with E-state index in [1.54, 1.807) is 11.3 Å². The summed E-state index contributed by atoms with van der Waals surface area (Å²) in [5.74, 6) is 0. The zero-order chi connectivity index (χ0) is 11.6. The Morgan fingerprint density at radius 3 is 2.81 bits per heavy atom. The summed E-state index contributed by atoms with van der Waals surface area (Å²) < 4.78 is 0. The van der Waals surface area contributed by atoms with E-state index in [-0.39, 0.29) is 0 Å². The zero-order valence-corrected chi connectivity index (χ0v) is 10.2. The predicted octanol–water partition coefficient (Wildman–Crippen LogP) is 2.26. The number of nitrogens with one attached hydrogen (secondary N) is 1. The number of thiophene rings is 1. The van der Waals surface area contributed by atoms with Gasteiger partial charge in [-0.3, -0.25) is 0 Å². The van der Waals surface area contributed by atoms with Gasteiger partial charge in [-0.2, -0.15) is 5.26 Å². The van der Waals surface area contributed by atoms with Crippen LogP contribution in [0.1, 0.15) is 36.1 Å². The van der Waals surface area contributed by atoms with Crippen LogP contribution in [0.2, 0.25) is 0 Å². The summed E-state index contributed by atoms with van der Waals surface area (Å²) in [5.41, 5.74) is 0.754. The summed E-state index contributed by atoms with van der Waals surface area (Å²) in [6.07, 6.45) is 4.34. The lowest BCUT2D eigenvalue weighted by atomic mass is 10.2. The minimum atomic E-state index is 0.305. The van der Waals surface area contributed by atoms with Gasteiger partial charge in [0.05, 0.1) is 5.56 Å². The van der Waals surface area contributed by atoms with Crippen LogP contribution in [0.15, 0.2) is 11.4 Å². The van der Waals surface area contributed by atoms with Crippen molar-refractivity contribution in [3.05, 3.63) is 21.9 Å². The molecule has 0 aliphatic heterocycles. The van der Waals surface area contributed by atoms with E-state index in [1.165, 1.54) is 11.3 Å². The van der Waals surface area contributed by atoms with E-state index >= 15 is 0 Å². The lowest BCUT2D eigenvalue weighted by molar-refractivity contribution is 0.282. The number of rotatable bonds is 8. The minimum Gasteiger partial charge on any atom is -0.396 e. The first kappa shape index (κ1) is 13.2. The summed E-state index contributed by atoms with van der Waals surface area (Å²) in [7, 11) is 0. The highest BCUT2D eigenvalue weighted by molar-refractivity contribution is 7.10. The summed E-state index contributed by atoms with van der Waals surface area (Å²) >= 11 is 1.63. The van der Waals surface area contributed by atoms with Crippen LogP contribution >= 0.6 is 11.3 Å². The van der Waals surface area contributed by atoms with Gasteiger partial charge in [0.25, 0.3) is 0 Å². The smallest absolute Gasteiger partial charge is 0.100 e. The maximum absolute atomic E-state index is 8.66. The molecule has 1 rings (SSSR count). The van der Waals surface area contributed by atoms with Crippen molar-refractivity contribution in [2.24, 2.45) is 0 Å². The molecule has 2 N–H and O–H groups in total. The Morgan fingerprint density at radius 1 is 1.31 bits per heavy atom. The first-order valence-corrected chi connectivity index (χ1v) is 6.54. The molecule has 0 spiro atoms. The van der Waals surface area contributed by atoms with Crippen LogP contribution in [0, 0.1) is 11.3 Å². The molecule has 0 saturated carbocycles. The van der Waals surface area contributed by atoms with Crippen molar-refractivity contribution in [3.8, 4) is 6.07 Å². The molecule has 1 aromatic rings. The maximum atomic E-state index is 8.66. The monoisotopic (exact) mass is 238 g/mol. The molecule has 0 aromatic carbocycles. The second-order valence-corrected chi connectivity index (χ2v) is 4.72. The second kappa shape index (κ2) is 8.28. The molecule has 1 aromatic heterocycles.